The number of halogens is 1. The summed E-state index contributed by atoms with van der Waals surface area (Å²) in [5, 5.41) is 10.6. The van der Waals surface area contributed by atoms with Gasteiger partial charge in [0.2, 0.25) is 0 Å². The van der Waals surface area contributed by atoms with Crippen LogP contribution in [-0.4, -0.2) is 32.7 Å². The van der Waals surface area contributed by atoms with E-state index in [1.165, 1.54) is 24.4 Å². The van der Waals surface area contributed by atoms with Gasteiger partial charge in [-0.15, -0.1) is 0 Å². The fraction of sp³-hybridized carbons (Fsp3) is 0.385. The van der Waals surface area contributed by atoms with Crippen LogP contribution in [0.1, 0.15) is 62.6 Å². The largest absolute Gasteiger partial charge is 0.494 e. The van der Waals surface area contributed by atoms with Crippen LogP contribution in [0, 0.1) is 11.7 Å². The van der Waals surface area contributed by atoms with Crippen LogP contribution in [0.25, 0.3) is 27.6 Å². The Labute approximate surface area is 191 Å². The number of nitrogens with zero attached hydrogens (tertiary/aromatic N) is 2. The smallest absolute Gasteiger partial charge is 0.306 e. The fourth-order valence-electron chi connectivity index (χ4n) is 5.45. The zero-order chi connectivity index (χ0) is 23.3. The Bertz CT molecular complexity index is 1350. The van der Waals surface area contributed by atoms with Crippen molar-refractivity contribution in [2.75, 3.05) is 7.11 Å². The molecule has 2 heterocycles. The highest BCUT2D eigenvalue weighted by molar-refractivity contribution is 5.98. The van der Waals surface area contributed by atoms with E-state index < -0.39 is 11.8 Å². The highest BCUT2D eigenvalue weighted by Gasteiger charge is 2.32. The summed E-state index contributed by atoms with van der Waals surface area (Å²) in [6.45, 7) is 4.34. The number of benzene rings is 2. The second kappa shape index (κ2) is 8.21. The Morgan fingerprint density at radius 1 is 1.21 bits per heavy atom. The number of carboxylic acid groups (broad SMARTS) is 1. The molecule has 0 radical (unpaired) electrons. The van der Waals surface area contributed by atoms with Gasteiger partial charge in [0.05, 0.1) is 35.9 Å². The minimum atomic E-state index is -0.697. The van der Waals surface area contributed by atoms with Gasteiger partial charge in [0.25, 0.3) is 0 Å². The van der Waals surface area contributed by atoms with Crippen molar-refractivity contribution in [1.29, 1.82) is 0 Å². The molecule has 0 saturated heterocycles. The molecule has 7 heteroatoms. The summed E-state index contributed by atoms with van der Waals surface area (Å²) >= 11 is 0. The first kappa shape index (κ1) is 21.5. The monoisotopic (exact) mass is 449 g/mol. The maximum absolute atomic E-state index is 14.2. The molecule has 1 fully saturated rings. The molecule has 2 aromatic heterocycles. The number of nitrogens with one attached hydrogen (secondary N) is 1. The molecule has 5 rings (SSSR count). The first-order chi connectivity index (χ1) is 15.9. The quantitative estimate of drug-likeness (QED) is 0.384. The van der Waals surface area contributed by atoms with Crippen LogP contribution in [0.4, 0.5) is 4.39 Å². The third-order valence-corrected chi connectivity index (χ3v) is 7.01. The van der Waals surface area contributed by atoms with Crippen LogP contribution in [-0.2, 0) is 4.79 Å². The first-order valence-corrected chi connectivity index (χ1v) is 11.5. The number of hydrogen-bond acceptors (Lipinski definition) is 3. The second-order valence-electron chi connectivity index (χ2n) is 9.28. The Hall–Kier alpha value is -3.35. The molecule has 0 spiro atoms. The van der Waals surface area contributed by atoms with Gasteiger partial charge in [-0.05, 0) is 67.3 Å². The Morgan fingerprint density at radius 2 is 1.97 bits per heavy atom. The van der Waals surface area contributed by atoms with Crippen molar-refractivity contribution >= 4 is 27.9 Å². The predicted molar refractivity (Wildman–Crippen MR) is 126 cm³/mol. The molecule has 4 aromatic rings. The number of imidazole rings is 1. The number of H-pyrrole nitrogens is 1. The van der Waals surface area contributed by atoms with Gasteiger partial charge in [-0.1, -0.05) is 13.8 Å². The van der Waals surface area contributed by atoms with Gasteiger partial charge in [-0.25, -0.2) is 9.37 Å². The topological polar surface area (TPSA) is 80.1 Å². The number of hydrogen-bond donors (Lipinski definition) is 2. The summed E-state index contributed by atoms with van der Waals surface area (Å²) in [5.74, 6) is -0.689. The molecule has 0 aliphatic heterocycles. The maximum Gasteiger partial charge on any atom is 0.306 e. The Morgan fingerprint density at radius 3 is 2.64 bits per heavy atom. The lowest BCUT2D eigenvalue weighted by Crippen LogP contribution is -2.21. The van der Waals surface area contributed by atoms with Gasteiger partial charge in [-0.3, -0.25) is 4.79 Å². The van der Waals surface area contributed by atoms with Gasteiger partial charge >= 0.3 is 5.97 Å². The van der Waals surface area contributed by atoms with Crippen molar-refractivity contribution in [3.05, 3.63) is 53.7 Å². The van der Waals surface area contributed by atoms with E-state index in [1.807, 2.05) is 0 Å². The average Bonchev–Trinajstić information content (AvgIpc) is 3.39. The highest BCUT2D eigenvalue weighted by Crippen LogP contribution is 2.45. The molecule has 1 aliphatic rings. The van der Waals surface area contributed by atoms with E-state index in [0.717, 1.165) is 40.5 Å². The number of aliphatic carboxylic acids is 1. The van der Waals surface area contributed by atoms with E-state index in [1.54, 1.807) is 18.5 Å². The number of aromatic nitrogens is 3. The van der Waals surface area contributed by atoms with Crippen LogP contribution in [0.2, 0.25) is 0 Å². The molecule has 1 aliphatic carbocycles. The SMILES string of the molecule is COc1cc(-n2c(C(C)C)c([C@H]3CC[C@@H](C(=O)O)CC3)c3cc4[nH]cnc4cc32)ccc1F. The summed E-state index contributed by atoms with van der Waals surface area (Å²) in [4.78, 5) is 19.2. The van der Waals surface area contributed by atoms with E-state index >= 15 is 0 Å². The number of ether oxygens (including phenoxy) is 1. The molecule has 6 nitrogen and oxygen atoms in total. The molecule has 2 N–H and O–H groups in total. The number of rotatable bonds is 5. The van der Waals surface area contributed by atoms with Crippen molar-refractivity contribution in [2.24, 2.45) is 5.92 Å². The van der Waals surface area contributed by atoms with Crippen molar-refractivity contribution < 1.29 is 19.0 Å². The normalized spacial score (nSPS) is 18.9. The molecule has 172 valence electrons. The average molecular weight is 450 g/mol. The summed E-state index contributed by atoms with van der Waals surface area (Å²) in [5.41, 5.74) is 6.12. The Kier molecular flexibility index (Phi) is 5.35. The maximum atomic E-state index is 14.2. The lowest BCUT2D eigenvalue weighted by atomic mass is 9.77. The number of carboxylic acids is 1. The first-order valence-electron chi connectivity index (χ1n) is 11.5. The van der Waals surface area contributed by atoms with E-state index in [2.05, 4.69) is 40.5 Å². The summed E-state index contributed by atoms with van der Waals surface area (Å²) in [7, 11) is 1.47. The van der Waals surface area contributed by atoms with Crippen molar-refractivity contribution in [3.8, 4) is 11.4 Å². The Balaban J connectivity index is 1.77. The van der Waals surface area contributed by atoms with Gasteiger partial charge in [0.15, 0.2) is 11.6 Å². The van der Waals surface area contributed by atoms with Crippen LogP contribution in [0.3, 0.4) is 0 Å². The molecule has 33 heavy (non-hydrogen) atoms. The van der Waals surface area contributed by atoms with Crippen LogP contribution in [0.15, 0.2) is 36.7 Å². The molecule has 0 bridgehead atoms. The van der Waals surface area contributed by atoms with Gasteiger partial charge < -0.3 is 19.4 Å². The van der Waals surface area contributed by atoms with E-state index in [4.69, 9.17) is 4.74 Å². The summed E-state index contributed by atoms with van der Waals surface area (Å²) < 4.78 is 21.7. The second-order valence-corrected chi connectivity index (χ2v) is 9.28. The van der Waals surface area contributed by atoms with E-state index in [0.29, 0.717) is 12.8 Å². The number of aromatic amines is 1. The van der Waals surface area contributed by atoms with Crippen LogP contribution >= 0.6 is 0 Å². The van der Waals surface area contributed by atoms with Crippen LogP contribution in [0.5, 0.6) is 5.75 Å². The highest BCUT2D eigenvalue weighted by atomic mass is 19.1. The molecule has 0 atom stereocenters. The molecule has 0 unspecified atom stereocenters. The zero-order valence-electron chi connectivity index (χ0n) is 19.1. The third kappa shape index (κ3) is 3.56. The minimum Gasteiger partial charge on any atom is -0.494 e. The zero-order valence-corrected chi connectivity index (χ0v) is 19.1. The van der Waals surface area contributed by atoms with Crippen LogP contribution < -0.4 is 4.74 Å². The standard InChI is InChI=1S/C26H28FN3O3/c1-14(2)25-24(15-4-6-16(7-5-15)26(31)32)18-11-20-21(29-13-28-20)12-22(18)30(25)17-8-9-19(27)23(10-17)33-3/h8-16H,4-7H2,1-3H3,(H,28,29)(H,31,32)/t15-,16+. The van der Waals surface area contributed by atoms with E-state index in [-0.39, 0.29) is 23.5 Å². The molecule has 2 aromatic carbocycles. The van der Waals surface area contributed by atoms with Crippen molar-refractivity contribution in [2.45, 2.75) is 51.4 Å². The molecule has 0 amide bonds. The summed E-state index contributed by atoms with van der Waals surface area (Å²) in [6.07, 6.45) is 4.73. The molecular weight excluding hydrogens is 421 g/mol. The lowest BCUT2D eigenvalue weighted by Gasteiger charge is -2.28. The third-order valence-electron chi connectivity index (χ3n) is 7.01. The molecule has 1 saturated carbocycles. The number of carbonyl (C=O) groups is 1. The van der Waals surface area contributed by atoms with Gasteiger partial charge in [0.1, 0.15) is 0 Å². The van der Waals surface area contributed by atoms with Gasteiger partial charge in [-0.2, -0.15) is 0 Å². The van der Waals surface area contributed by atoms with E-state index in [9.17, 15) is 14.3 Å². The predicted octanol–water partition coefficient (Wildman–Crippen LogP) is 6.14. The van der Waals surface area contributed by atoms with Crippen molar-refractivity contribution in [1.82, 2.24) is 14.5 Å². The van der Waals surface area contributed by atoms with Gasteiger partial charge in [0, 0.05) is 22.8 Å². The fourth-order valence-corrected chi connectivity index (χ4v) is 5.45. The number of fused-ring (bicyclic) bond motifs is 2. The minimum absolute atomic E-state index is 0.201. The lowest BCUT2D eigenvalue weighted by molar-refractivity contribution is -0.142. The molecular formula is C26H28FN3O3. The number of methoxy groups -OCH3 is 1. The summed E-state index contributed by atoms with van der Waals surface area (Å²) in [6, 6.07) is 9.19. The van der Waals surface area contributed by atoms with Crippen molar-refractivity contribution in [3.63, 3.8) is 0 Å².